The van der Waals surface area contributed by atoms with Gasteiger partial charge in [0.15, 0.2) is 0 Å². The van der Waals surface area contributed by atoms with Crippen molar-refractivity contribution in [2.75, 3.05) is 19.8 Å². The van der Waals surface area contributed by atoms with Crippen LogP contribution in [0, 0.1) is 11.3 Å². The fourth-order valence-electron chi connectivity index (χ4n) is 1.33. The summed E-state index contributed by atoms with van der Waals surface area (Å²) in [5.41, 5.74) is 11.6. The summed E-state index contributed by atoms with van der Waals surface area (Å²) in [6.45, 7) is 10.6. The average Bonchev–Trinajstić information content (AvgIpc) is 2.15. The van der Waals surface area contributed by atoms with Crippen LogP contribution in [0.15, 0.2) is 0 Å². The van der Waals surface area contributed by atoms with Crippen LogP contribution < -0.4 is 11.5 Å². The van der Waals surface area contributed by atoms with E-state index in [1.807, 2.05) is 6.92 Å². The second-order valence-corrected chi connectivity index (χ2v) is 4.63. The van der Waals surface area contributed by atoms with Crippen molar-refractivity contribution in [3.05, 3.63) is 0 Å². The van der Waals surface area contributed by atoms with Crippen LogP contribution in [0.4, 0.5) is 0 Å². The Balaban J connectivity index is 3.87. The summed E-state index contributed by atoms with van der Waals surface area (Å²) >= 11 is 0. The van der Waals surface area contributed by atoms with E-state index >= 15 is 0 Å². The van der Waals surface area contributed by atoms with Gasteiger partial charge in [0.2, 0.25) is 0 Å². The summed E-state index contributed by atoms with van der Waals surface area (Å²) in [7, 11) is 0. The van der Waals surface area contributed by atoms with Gasteiger partial charge in [0, 0.05) is 12.6 Å². The first-order valence-corrected chi connectivity index (χ1v) is 5.49. The van der Waals surface area contributed by atoms with Crippen LogP contribution in [0.1, 0.15) is 34.1 Å². The van der Waals surface area contributed by atoms with Crippen LogP contribution in [0.25, 0.3) is 0 Å². The highest BCUT2D eigenvalue weighted by Gasteiger charge is 2.27. The molecule has 0 aromatic rings. The average molecular weight is 202 g/mol. The maximum atomic E-state index is 5.77. The van der Waals surface area contributed by atoms with E-state index < -0.39 is 0 Å². The van der Waals surface area contributed by atoms with Gasteiger partial charge in [-0.3, -0.25) is 0 Å². The van der Waals surface area contributed by atoms with E-state index in [4.69, 9.17) is 16.2 Å². The van der Waals surface area contributed by atoms with Crippen LogP contribution in [0.5, 0.6) is 0 Å². The molecule has 0 aromatic carbocycles. The number of hydrogen-bond donors (Lipinski definition) is 2. The van der Waals surface area contributed by atoms with Crippen molar-refractivity contribution in [2.24, 2.45) is 22.8 Å². The zero-order valence-corrected chi connectivity index (χ0v) is 10.0. The third-order valence-corrected chi connectivity index (χ3v) is 3.21. The Hall–Kier alpha value is -0.120. The molecule has 0 aliphatic rings. The SMILES string of the molecule is CCC(C)(CN)C(C)COCC(C)N. The van der Waals surface area contributed by atoms with Crippen molar-refractivity contribution in [1.82, 2.24) is 0 Å². The third-order valence-electron chi connectivity index (χ3n) is 3.21. The van der Waals surface area contributed by atoms with Crippen molar-refractivity contribution in [3.8, 4) is 0 Å². The minimum absolute atomic E-state index is 0.118. The van der Waals surface area contributed by atoms with Gasteiger partial charge < -0.3 is 16.2 Å². The molecule has 0 spiro atoms. The summed E-state index contributed by atoms with van der Waals surface area (Å²) in [6, 6.07) is 0.118. The Morgan fingerprint density at radius 1 is 1.29 bits per heavy atom. The summed E-state index contributed by atoms with van der Waals surface area (Å²) in [5, 5.41) is 0. The molecule has 0 aromatic heterocycles. The Kier molecular flexibility index (Phi) is 6.33. The molecule has 3 nitrogen and oxygen atoms in total. The Labute approximate surface area is 88.2 Å². The zero-order chi connectivity index (χ0) is 11.2. The zero-order valence-electron chi connectivity index (χ0n) is 10.0. The maximum Gasteiger partial charge on any atom is 0.0614 e. The van der Waals surface area contributed by atoms with Gasteiger partial charge >= 0.3 is 0 Å². The molecule has 0 amide bonds. The molecule has 3 unspecified atom stereocenters. The molecule has 0 saturated carbocycles. The van der Waals surface area contributed by atoms with Crippen molar-refractivity contribution in [2.45, 2.75) is 40.2 Å². The second kappa shape index (κ2) is 6.38. The van der Waals surface area contributed by atoms with Gasteiger partial charge in [-0.1, -0.05) is 20.8 Å². The van der Waals surface area contributed by atoms with Crippen molar-refractivity contribution in [1.29, 1.82) is 0 Å². The predicted molar refractivity (Wildman–Crippen MR) is 61.1 cm³/mol. The quantitative estimate of drug-likeness (QED) is 0.655. The molecule has 0 aliphatic heterocycles. The molecule has 0 bridgehead atoms. The highest BCUT2D eigenvalue weighted by molar-refractivity contribution is 4.79. The number of ether oxygens (including phenoxy) is 1. The van der Waals surface area contributed by atoms with E-state index in [-0.39, 0.29) is 11.5 Å². The fraction of sp³-hybridized carbons (Fsp3) is 1.00. The minimum Gasteiger partial charge on any atom is -0.380 e. The van der Waals surface area contributed by atoms with Gasteiger partial charge in [-0.05, 0) is 31.2 Å². The van der Waals surface area contributed by atoms with Gasteiger partial charge in [0.25, 0.3) is 0 Å². The molecular formula is C11H26N2O. The smallest absolute Gasteiger partial charge is 0.0614 e. The first-order valence-electron chi connectivity index (χ1n) is 5.49. The van der Waals surface area contributed by atoms with Crippen molar-refractivity contribution < 1.29 is 4.74 Å². The Morgan fingerprint density at radius 3 is 2.21 bits per heavy atom. The lowest BCUT2D eigenvalue weighted by Gasteiger charge is -2.33. The molecule has 3 heteroatoms. The van der Waals surface area contributed by atoms with Gasteiger partial charge in [0.05, 0.1) is 6.61 Å². The largest absolute Gasteiger partial charge is 0.380 e. The van der Waals surface area contributed by atoms with Crippen molar-refractivity contribution in [3.63, 3.8) is 0 Å². The Morgan fingerprint density at radius 2 is 1.86 bits per heavy atom. The first-order chi connectivity index (χ1) is 6.46. The minimum atomic E-state index is 0.118. The lowest BCUT2D eigenvalue weighted by atomic mass is 9.76. The standard InChI is InChI=1S/C11H26N2O/c1-5-11(4,8-12)9(2)6-14-7-10(3)13/h9-10H,5-8,12-13H2,1-4H3. The molecule has 4 N–H and O–H groups in total. The van der Waals surface area contributed by atoms with Gasteiger partial charge in [-0.25, -0.2) is 0 Å². The second-order valence-electron chi connectivity index (χ2n) is 4.63. The number of rotatable bonds is 7. The van der Waals surface area contributed by atoms with E-state index in [1.165, 1.54) is 0 Å². The van der Waals surface area contributed by atoms with Crippen LogP contribution >= 0.6 is 0 Å². The van der Waals surface area contributed by atoms with E-state index in [0.29, 0.717) is 19.1 Å². The maximum absolute atomic E-state index is 5.77. The molecular weight excluding hydrogens is 176 g/mol. The van der Waals surface area contributed by atoms with Crippen LogP contribution in [0.3, 0.4) is 0 Å². The van der Waals surface area contributed by atoms with E-state index in [2.05, 4.69) is 20.8 Å². The molecule has 0 heterocycles. The lowest BCUT2D eigenvalue weighted by Crippen LogP contribution is -2.36. The molecule has 0 saturated heterocycles. The summed E-state index contributed by atoms with van der Waals surface area (Å²) < 4.78 is 5.53. The summed E-state index contributed by atoms with van der Waals surface area (Å²) in [6.07, 6.45) is 1.09. The fourth-order valence-corrected chi connectivity index (χ4v) is 1.33. The van der Waals surface area contributed by atoms with Crippen LogP contribution in [-0.2, 0) is 4.74 Å². The molecule has 0 radical (unpaired) electrons. The van der Waals surface area contributed by atoms with Crippen LogP contribution in [0.2, 0.25) is 0 Å². The summed E-state index contributed by atoms with van der Waals surface area (Å²) in [5.74, 6) is 0.483. The topological polar surface area (TPSA) is 61.3 Å². The van der Waals surface area contributed by atoms with Gasteiger partial charge in [-0.15, -0.1) is 0 Å². The first kappa shape index (κ1) is 13.9. The van der Waals surface area contributed by atoms with Crippen LogP contribution in [-0.4, -0.2) is 25.8 Å². The molecule has 3 atom stereocenters. The summed E-state index contributed by atoms with van der Waals surface area (Å²) in [4.78, 5) is 0. The monoisotopic (exact) mass is 202 g/mol. The highest BCUT2D eigenvalue weighted by atomic mass is 16.5. The normalized spacial score (nSPS) is 20.1. The van der Waals surface area contributed by atoms with E-state index in [1.54, 1.807) is 0 Å². The molecule has 14 heavy (non-hydrogen) atoms. The van der Waals surface area contributed by atoms with E-state index in [0.717, 1.165) is 13.0 Å². The van der Waals surface area contributed by atoms with Gasteiger partial charge in [-0.2, -0.15) is 0 Å². The molecule has 0 fully saturated rings. The lowest BCUT2D eigenvalue weighted by molar-refractivity contribution is 0.0465. The van der Waals surface area contributed by atoms with Crippen molar-refractivity contribution >= 4 is 0 Å². The predicted octanol–water partition coefficient (Wildman–Crippen LogP) is 1.36. The highest BCUT2D eigenvalue weighted by Crippen LogP contribution is 2.29. The van der Waals surface area contributed by atoms with E-state index in [9.17, 15) is 0 Å². The Bertz CT molecular complexity index is 144. The number of nitrogens with two attached hydrogens (primary N) is 2. The molecule has 86 valence electrons. The molecule has 0 rings (SSSR count). The number of hydrogen-bond acceptors (Lipinski definition) is 3. The molecule has 0 aliphatic carbocycles. The van der Waals surface area contributed by atoms with Gasteiger partial charge in [0.1, 0.15) is 0 Å². The third kappa shape index (κ3) is 4.40.